The van der Waals surface area contributed by atoms with E-state index in [-0.39, 0.29) is 47.6 Å². The van der Waals surface area contributed by atoms with Gasteiger partial charge in [-0.2, -0.15) is 8.61 Å². The number of carbonyl (C=O) groups excluding carboxylic acids is 1. The maximum atomic E-state index is 13.0. The van der Waals surface area contributed by atoms with Gasteiger partial charge in [0.2, 0.25) is 26.0 Å². The Kier molecular flexibility index (Phi) is 7.77. The molecule has 0 aliphatic carbocycles. The standard InChI is InChI=1S/C23H29N3O7S2/c1-32-22-8-7-20(35(30,31)26-13-15-33-16-14-26)17-21(22)24-23(27)18-9-11-25(12-10-18)34(28,29)19-5-3-2-4-6-19/h2-8,17-18H,9-16H2,1H3,(H,24,27). The zero-order valence-corrected chi connectivity index (χ0v) is 21.1. The van der Waals surface area contributed by atoms with Gasteiger partial charge in [0.1, 0.15) is 5.75 Å². The fourth-order valence-corrected chi connectivity index (χ4v) is 7.14. The monoisotopic (exact) mass is 523 g/mol. The van der Waals surface area contributed by atoms with Crippen LogP contribution in [0.4, 0.5) is 5.69 Å². The van der Waals surface area contributed by atoms with Crippen LogP contribution in [0.25, 0.3) is 0 Å². The average Bonchev–Trinajstić information content (AvgIpc) is 2.89. The third-order valence-corrected chi connectivity index (χ3v) is 10.0. The summed E-state index contributed by atoms with van der Waals surface area (Å²) in [6.07, 6.45) is 0.706. The molecule has 0 bridgehead atoms. The number of hydrogen-bond acceptors (Lipinski definition) is 7. The minimum absolute atomic E-state index is 0.0549. The Bertz CT molecular complexity index is 1250. The van der Waals surface area contributed by atoms with E-state index in [9.17, 15) is 21.6 Å². The Labute approximate surface area is 205 Å². The van der Waals surface area contributed by atoms with Crippen molar-refractivity contribution in [1.29, 1.82) is 0 Å². The molecule has 1 N–H and O–H groups in total. The van der Waals surface area contributed by atoms with Crippen LogP contribution in [-0.4, -0.2) is 77.9 Å². The Morgan fingerprint density at radius 3 is 2.11 bits per heavy atom. The molecule has 0 saturated carbocycles. The Morgan fingerprint density at radius 2 is 1.49 bits per heavy atom. The number of carbonyl (C=O) groups is 1. The molecule has 2 aromatic rings. The summed E-state index contributed by atoms with van der Waals surface area (Å²) < 4.78 is 65.0. The Morgan fingerprint density at radius 1 is 0.886 bits per heavy atom. The van der Waals surface area contributed by atoms with E-state index in [0.717, 1.165) is 0 Å². The number of anilines is 1. The second-order valence-electron chi connectivity index (χ2n) is 8.36. The van der Waals surface area contributed by atoms with Gasteiger partial charge in [-0.3, -0.25) is 4.79 Å². The van der Waals surface area contributed by atoms with Crippen molar-refractivity contribution in [2.75, 3.05) is 51.8 Å². The lowest BCUT2D eigenvalue weighted by atomic mass is 9.97. The molecule has 35 heavy (non-hydrogen) atoms. The fraction of sp³-hybridized carbons (Fsp3) is 0.435. The largest absolute Gasteiger partial charge is 0.495 e. The summed E-state index contributed by atoms with van der Waals surface area (Å²) >= 11 is 0. The highest BCUT2D eigenvalue weighted by Crippen LogP contribution is 2.31. The highest BCUT2D eigenvalue weighted by molar-refractivity contribution is 7.89. The highest BCUT2D eigenvalue weighted by Gasteiger charge is 2.33. The molecule has 2 aromatic carbocycles. The second-order valence-corrected chi connectivity index (χ2v) is 12.2. The minimum Gasteiger partial charge on any atom is -0.495 e. The molecule has 2 aliphatic heterocycles. The molecular formula is C23H29N3O7S2. The summed E-state index contributed by atoms with van der Waals surface area (Å²) in [5.74, 6) is -0.384. The van der Waals surface area contributed by atoms with E-state index in [2.05, 4.69) is 5.32 Å². The summed E-state index contributed by atoms with van der Waals surface area (Å²) in [5, 5.41) is 2.79. The normalized spacial score (nSPS) is 18.8. The van der Waals surface area contributed by atoms with E-state index in [1.54, 1.807) is 30.3 Å². The molecule has 2 aliphatic rings. The molecule has 4 rings (SSSR count). The van der Waals surface area contributed by atoms with Gasteiger partial charge in [-0.15, -0.1) is 0 Å². The van der Waals surface area contributed by atoms with Crippen LogP contribution in [0.1, 0.15) is 12.8 Å². The van der Waals surface area contributed by atoms with E-state index in [1.165, 1.54) is 33.9 Å². The lowest BCUT2D eigenvalue weighted by molar-refractivity contribution is -0.120. The smallest absolute Gasteiger partial charge is 0.243 e. The van der Waals surface area contributed by atoms with Gasteiger partial charge < -0.3 is 14.8 Å². The quantitative estimate of drug-likeness (QED) is 0.587. The lowest BCUT2D eigenvalue weighted by Gasteiger charge is -2.30. The number of sulfonamides is 2. The van der Waals surface area contributed by atoms with Crippen molar-refractivity contribution < 1.29 is 31.1 Å². The minimum atomic E-state index is -3.75. The molecular weight excluding hydrogens is 494 g/mol. The van der Waals surface area contributed by atoms with Gasteiger partial charge in [0.05, 0.1) is 35.8 Å². The number of rotatable bonds is 7. The van der Waals surface area contributed by atoms with Gasteiger partial charge in [0.15, 0.2) is 0 Å². The number of hydrogen-bond donors (Lipinski definition) is 1. The molecule has 2 saturated heterocycles. The predicted octanol–water partition coefficient (Wildman–Crippen LogP) is 1.76. The summed E-state index contributed by atoms with van der Waals surface area (Å²) in [6.45, 7) is 1.63. The van der Waals surface area contributed by atoms with E-state index in [0.29, 0.717) is 31.8 Å². The summed E-state index contributed by atoms with van der Waals surface area (Å²) in [4.78, 5) is 13.3. The topological polar surface area (TPSA) is 122 Å². The number of methoxy groups -OCH3 is 1. The van der Waals surface area contributed by atoms with E-state index < -0.39 is 26.0 Å². The maximum Gasteiger partial charge on any atom is 0.243 e. The number of piperidine rings is 1. The van der Waals surface area contributed by atoms with Crippen LogP contribution < -0.4 is 10.1 Å². The lowest BCUT2D eigenvalue weighted by Crippen LogP contribution is -2.41. The van der Waals surface area contributed by atoms with Crippen molar-refractivity contribution in [3.63, 3.8) is 0 Å². The number of benzene rings is 2. The first-order chi connectivity index (χ1) is 16.7. The van der Waals surface area contributed by atoms with Crippen LogP contribution in [0.2, 0.25) is 0 Å². The van der Waals surface area contributed by atoms with Gasteiger partial charge in [-0.25, -0.2) is 16.8 Å². The van der Waals surface area contributed by atoms with Crippen LogP contribution in [0.15, 0.2) is 58.3 Å². The number of ether oxygens (including phenoxy) is 2. The van der Waals surface area contributed by atoms with E-state index >= 15 is 0 Å². The van der Waals surface area contributed by atoms with Crippen molar-refractivity contribution in [2.24, 2.45) is 5.92 Å². The van der Waals surface area contributed by atoms with Gasteiger partial charge in [-0.1, -0.05) is 18.2 Å². The Hall–Kier alpha value is -2.51. The van der Waals surface area contributed by atoms with Crippen molar-refractivity contribution >= 4 is 31.6 Å². The third kappa shape index (κ3) is 5.51. The first kappa shape index (κ1) is 25.6. The molecule has 0 atom stereocenters. The molecule has 0 radical (unpaired) electrons. The molecule has 190 valence electrons. The molecule has 0 spiro atoms. The summed E-state index contributed by atoms with van der Waals surface area (Å²) in [5.41, 5.74) is 0.256. The number of morpholine rings is 1. The second kappa shape index (κ2) is 10.6. The van der Waals surface area contributed by atoms with Crippen LogP contribution in [0.5, 0.6) is 5.75 Å². The Balaban J connectivity index is 1.45. The summed E-state index contributed by atoms with van der Waals surface area (Å²) in [7, 11) is -5.92. The van der Waals surface area contributed by atoms with Crippen molar-refractivity contribution in [3.05, 3.63) is 48.5 Å². The van der Waals surface area contributed by atoms with E-state index in [4.69, 9.17) is 9.47 Å². The van der Waals surface area contributed by atoms with Crippen LogP contribution >= 0.6 is 0 Å². The molecule has 1 amide bonds. The van der Waals surface area contributed by atoms with Gasteiger partial charge in [0, 0.05) is 32.1 Å². The van der Waals surface area contributed by atoms with Gasteiger partial charge >= 0.3 is 0 Å². The first-order valence-corrected chi connectivity index (χ1v) is 14.2. The SMILES string of the molecule is COc1ccc(S(=O)(=O)N2CCOCC2)cc1NC(=O)C1CCN(S(=O)(=O)c2ccccc2)CC1. The van der Waals surface area contributed by atoms with Gasteiger partial charge in [-0.05, 0) is 43.2 Å². The molecule has 10 nitrogen and oxygen atoms in total. The third-order valence-electron chi connectivity index (χ3n) is 6.24. The van der Waals surface area contributed by atoms with E-state index in [1.807, 2.05) is 0 Å². The van der Waals surface area contributed by atoms with Crippen molar-refractivity contribution in [1.82, 2.24) is 8.61 Å². The maximum absolute atomic E-state index is 13.0. The molecule has 2 heterocycles. The van der Waals surface area contributed by atoms with Crippen LogP contribution in [0, 0.1) is 5.92 Å². The van der Waals surface area contributed by atoms with Crippen molar-refractivity contribution in [3.8, 4) is 5.75 Å². The van der Waals surface area contributed by atoms with Gasteiger partial charge in [0.25, 0.3) is 0 Å². The molecule has 0 unspecified atom stereocenters. The number of nitrogens with one attached hydrogen (secondary N) is 1. The number of nitrogens with zero attached hydrogens (tertiary/aromatic N) is 2. The highest BCUT2D eigenvalue weighted by atomic mass is 32.2. The fourth-order valence-electron chi connectivity index (χ4n) is 4.22. The molecule has 12 heteroatoms. The van der Waals surface area contributed by atoms with Crippen LogP contribution in [-0.2, 0) is 29.6 Å². The molecule has 0 aromatic heterocycles. The van der Waals surface area contributed by atoms with Crippen LogP contribution in [0.3, 0.4) is 0 Å². The summed E-state index contributed by atoms with van der Waals surface area (Å²) in [6, 6.07) is 12.6. The molecule has 2 fully saturated rings. The van der Waals surface area contributed by atoms with Crippen molar-refractivity contribution in [2.45, 2.75) is 22.6 Å². The first-order valence-electron chi connectivity index (χ1n) is 11.4. The predicted molar refractivity (Wildman–Crippen MR) is 129 cm³/mol. The zero-order chi connectivity index (χ0) is 25.1. The average molecular weight is 524 g/mol. The number of amides is 1. The zero-order valence-electron chi connectivity index (χ0n) is 19.4.